The van der Waals surface area contributed by atoms with E-state index in [0.717, 1.165) is 16.5 Å². The maximum Gasteiger partial charge on any atom is 0.268 e. The molecule has 106 valence electrons. The molecule has 2 N–H and O–H groups in total. The average Bonchev–Trinajstić information content (AvgIpc) is 2.91. The molecule has 1 atom stereocenters. The van der Waals surface area contributed by atoms with Crippen LogP contribution in [0, 0.1) is 0 Å². The molecule has 0 spiro atoms. The molecule has 0 aliphatic rings. The first-order valence-corrected chi connectivity index (χ1v) is 7.15. The Labute approximate surface area is 127 Å². The zero-order chi connectivity index (χ0) is 14.8. The fourth-order valence-electron chi connectivity index (χ4n) is 2.33. The monoisotopic (exact) mass is 298 g/mol. The molecule has 0 aliphatic heterocycles. The van der Waals surface area contributed by atoms with Crippen LogP contribution in [0.15, 0.2) is 54.6 Å². The van der Waals surface area contributed by atoms with Gasteiger partial charge in [0.15, 0.2) is 0 Å². The molecular weight excluding hydrogens is 284 g/mol. The standard InChI is InChI=1S/C17H15ClN2O/c1-11(12-6-4-7-14(18)9-12)19-17(21)16-10-13-5-2-3-8-15(13)20-16/h2-11,20H,1H3,(H,19,21)/t11-/m0/s1. The maximum atomic E-state index is 12.3. The van der Waals surface area contributed by atoms with Crippen molar-refractivity contribution in [3.8, 4) is 0 Å². The van der Waals surface area contributed by atoms with Crippen molar-refractivity contribution in [2.45, 2.75) is 13.0 Å². The predicted octanol–water partition coefficient (Wildman–Crippen LogP) is 4.31. The van der Waals surface area contributed by atoms with E-state index < -0.39 is 0 Å². The number of benzene rings is 2. The molecule has 1 amide bonds. The van der Waals surface area contributed by atoms with Gasteiger partial charge in [0.2, 0.25) is 0 Å². The Morgan fingerprint density at radius 2 is 1.95 bits per heavy atom. The molecule has 2 aromatic carbocycles. The van der Waals surface area contributed by atoms with Gasteiger partial charge in [0, 0.05) is 15.9 Å². The molecule has 0 aliphatic carbocycles. The van der Waals surface area contributed by atoms with E-state index in [2.05, 4.69) is 10.3 Å². The average molecular weight is 299 g/mol. The zero-order valence-corrected chi connectivity index (χ0v) is 12.3. The smallest absolute Gasteiger partial charge is 0.268 e. The van der Waals surface area contributed by atoms with Crippen LogP contribution >= 0.6 is 11.6 Å². The molecule has 21 heavy (non-hydrogen) atoms. The number of H-pyrrole nitrogens is 1. The molecule has 3 nitrogen and oxygen atoms in total. The number of halogens is 1. The number of para-hydroxylation sites is 1. The van der Waals surface area contributed by atoms with Gasteiger partial charge in [-0.15, -0.1) is 0 Å². The third kappa shape index (κ3) is 2.93. The van der Waals surface area contributed by atoms with Crippen LogP contribution in [0.1, 0.15) is 29.0 Å². The summed E-state index contributed by atoms with van der Waals surface area (Å²) in [6, 6.07) is 17.1. The highest BCUT2D eigenvalue weighted by Gasteiger charge is 2.13. The Bertz CT molecular complexity index is 761. The lowest BCUT2D eigenvalue weighted by molar-refractivity contribution is 0.0935. The highest BCUT2D eigenvalue weighted by Crippen LogP contribution is 2.19. The quantitative estimate of drug-likeness (QED) is 0.743. The number of hydrogen-bond acceptors (Lipinski definition) is 1. The molecule has 0 unspecified atom stereocenters. The number of amides is 1. The van der Waals surface area contributed by atoms with Gasteiger partial charge >= 0.3 is 0 Å². The van der Waals surface area contributed by atoms with Gasteiger partial charge in [-0.2, -0.15) is 0 Å². The van der Waals surface area contributed by atoms with Crippen molar-refractivity contribution in [1.82, 2.24) is 10.3 Å². The van der Waals surface area contributed by atoms with Gasteiger partial charge in [-0.25, -0.2) is 0 Å². The Morgan fingerprint density at radius 3 is 2.71 bits per heavy atom. The van der Waals surface area contributed by atoms with Gasteiger partial charge in [-0.05, 0) is 36.8 Å². The van der Waals surface area contributed by atoms with E-state index in [4.69, 9.17) is 11.6 Å². The maximum absolute atomic E-state index is 12.3. The molecule has 3 rings (SSSR count). The highest BCUT2D eigenvalue weighted by atomic mass is 35.5. The normalized spacial score (nSPS) is 12.3. The van der Waals surface area contributed by atoms with Crippen LogP contribution in [0.2, 0.25) is 5.02 Å². The first-order chi connectivity index (χ1) is 10.1. The number of nitrogens with one attached hydrogen (secondary N) is 2. The van der Waals surface area contributed by atoms with Gasteiger partial charge < -0.3 is 10.3 Å². The topological polar surface area (TPSA) is 44.9 Å². The molecule has 1 heterocycles. The molecule has 0 bridgehead atoms. The van der Waals surface area contributed by atoms with Crippen molar-refractivity contribution in [1.29, 1.82) is 0 Å². The van der Waals surface area contributed by atoms with Crippen LogP contribution in [0.4, 0.5) is 0 Å². The van der Waals surface area contributed by atoms with E-state index >= 15 is 0 Å². The molecule has 3 aromatic rings. The summed E-state index contributed by atoms with van der Waals surface area (Å²) < 4.78 is 0. The van der Waals surface area contributed by atoms with Crippen molar-refractivity contribution in [3.63, 3.8) is 0 Å². The van der Waals surface area contributed by atoms with Crippen molar-refractivity contribution in [3.05, 3.63) is 70.9 Å². The Hall–Kier alpha value is -2.26. The number of hydrogen-bond donors (Lipinski definition) is 2. The summed E-state index contributed by atoms with van der Waals surface area (Å²) in [6.45, 7) is 1.94. The second-order valence-corrected chi connectivity index (χ2v) is 5.46. The van der Waals surface area contributed by atoms with Gasteiger partial charge in [-0.1, -0.05) is 41.9 Å². The first kappa shape index (κ1) is 13.7. The lowest BCUT2D eigenvalue weighted by Crippen LogP contribution is -2.26. The Morgan fingerprint density at radius 1 is 1.14 bits per heavy atom. The molecule has 0 saturated heterocycles. The zero-order valence-electron chi connectivity index (χ0n) is 11.6. The fourth-order valence-corrected chi connectivity index (χ4v) is 2.53. The summed E-state index contributed by atoms with van der Waals surface area (Å²) in [6.07, 6.45) is 0. The van der Waals surface area contributed by atoms with E-state index in [1.54, 1.807) is 0 Å². The number of carbonyl (C=O) groups is 1. The third-order valence-electron chi connectivity index (χ3n) is 3.47. The second kappa shape index (κ2) is 5.62. The predicted molar refractivity (Wildman–Crippen MR) is 85.6 cm³/mol. The van der Waals surface area contributed by atoms with Crippen molar-refractivity contribution in [2.24, 2.45) is 0 Å². The molecule has 0 fully saturated rings. The van der Waals surface area contributed by atoms with Crippen LogP contribution in [-0.2, 0) is 0 Å². The van der Waals surface area contributed by atoms with Crippen LogP contribution in [0.3, 0.4) is 0 Å². The largest absolute Gasteiger partial charge is 0.351 e. The van der Waals surface area contributed by atoms with Crippen molar-refractivity contribution >= 4 is 28.4 Å². The van der Waals surface area contributed by atoms with Gasteiger partial charge in [-0.3, -0.25) is 4.79 Å². The van der Waals surface area contributed by atoms with Crippen molar-refractivity contribution < 1.29 is 4.79 Å². The Balaban J connectivity index is 1.79. The molecule has 0 saturated carbocycles. The van der Waals surface area contributed by atoms with Crippen molar-refractivity contribution in [2.75, 3.05) is 0 Å². The van der Waals surface area contributed by atoms with E-state index in [9.17, 15) is 4.79 Å². The lowest BCUT2D eigenvalue weighted by Gasteiger charge is -2.13. The number of carbonyl (C=O) groups excluding carboxylic acids is 1. The minimum atomic E-state index is -0.126. The summed E-state index contributed by atoms with van der Waals surface area (Å²) in [5.41, 5.74) is 2.50. The SMILES string of the molecule is C[C@H](NC(=O)c1cc2ccccc2[nH]1)c1cccc(Cl)c1. The van der Waals surface area contributed by atoms with Gasteiger partial charge in [0.05, 0.1) is 6.04 Å². The van der Waals surface area contributed by atoms with E-state index in [1.807, 2.05) is 61.5 Å². The van der Waals surface area contributed by atoms with E-state index in [-0.39, 0.29) is 11.9 Å². The Kier molecular flexibility index (Phi) is 3.67. The summed E-state index contributed by atoms with van der Waals surface area (Å²) >= 11 is 5.98. The number of rotatable bonds is 3. The van der Waals surface area contributed by atoms with Crippen LogP contribution in [0.25, 0.3) is 10.9 Å². The second-order valence-electron chi connectivity index (χ2n) is 5.02. The van der Waals surface area contributed by atoms with Gasteiger partial charge in [0.25, 0.3) is 5.91 Å². The summed E-state index contributed by atoms with van der Waals surface area (Å²) in [5, 5.41) is 4.66. The lowest BCUT2D eigenvalue weighted by atomic mass is 10.1. The number of fused-ring (bicyclic) bond motifs is 1. The van der Waals surface area contributed by atoms with Crippen LogP contribution in [0.5, 0.6) is 0 Å². The first-order valence-electron chi connectivity index (χ1n) is 6.77. The summed E-state index contributed by atoms with van der Waals surface area (Å²) in [4.78, 5) is 15.4. The molecule has 0 radical (unpaired) electrons. The molecule has 1 aromatic heterocycles. The molecule has 4 heteroatoms. The highest BCUT2D eigenvalue weighted by molar-refractivity contribution is 6.30. The van der Waals surface area contributed by atoms with E-state index in [0.29, 0.717) is 10.7 Å². The minimum absolute atomic E-state index is 0.109. The van der Waals surface area contributed by atoms with Crippen LogP contribution in [-0.4, -0.2) is 10.9 Å². The summed E-state index contributed by atoms with van der Waals surface area (Å²) in [7, 11) is 0. The summed E-state index contributed by atoms with van der Waals surface area (Å²) in [5.74, 6) is -0.126. The number of aromatic amines is 1. The van der Waals surface area contributed by atoms with Crippen LogP contribution < -0.4 is 5.32 Å². The third-order valence-corrected chi connectivity index (χ3v) is 3.71. The number of aromatic nitrogens is 1. The minimum Gasteiger partial charge on any atom is -0.351 e. The fraction of sp³-hybridized carbons (Fsp3) is 0.118. The van der Waals surface area contributed by atoms with Gasteiger partial charge in [0.1, 0.15) is 5.69 Å². The molecular formula is C17H15ClN2O. The van der Waals surface area contributed by atoms with E-state index in [1.165, 1.54) is 0 Å².